The zero-order chi connectivity index (χ0) is 17.4. The van der Waals surface area contributed by atoms with Crippen LogP contribution in [0, 0.1) is 0 Å². The lowest BCUT2D eigenvalue weighted by molar-refractivity contribution is 0.00578. The molecule has 0 bridgehead atoms. The molecule has 9 heteroatoms. The fourth-order valence-corrected chi connectivity index (χ4v) is 2.24. The van der Waals surface area contributed by atoms with Gasteiger partial charge in [0.15, 0.2) is 0 Å². The number of aromatic amines is 1. The first-order valence-electron chi connectivity index (χ1n) is 7.66. The van der Waals surface area contributed by atoms with Gasteiger partial charge < -0.3 is 14.6 Å². The largest absolute Gasteiger partial charge is 0.494 e. The van der Waals surface area contributed by atoms with Gasteiger partial charge in [0.2, 0.25) is 5.95 Å². The lowest BCUT2D eigenvalue weighted by Gasteiger charge is -2.32. The molecule has 1 aromatic heterocycles. The van der Waals surface area contributed by atoms with Crippen LogP contribution in [0.3, 0.4) is 0 Å². The number of amides is 2. The van der Waals surface area contributed by atoms with Crippen molar-refractivity contribution in [3.63, 3.8) is 0 Å². The fraction of sp³-hybridized carbons (Fsp3) is 0.400. The number of rotatable bonds is 3. The number of hydrogen-bond acceptors (Lipinski definition) is 5. The first-order valence-corrected chi connectivity index (χ1v) is 7.66. The second kappa shape index (κ2) is 5.92. The van der Waals surface area contributed by atoms with Crippen LogP contribution < -0.4 is 16.1 Å². The molecule has 2 aromatic rings. The molecule has 126 valence electrons. The van der Waals surface area contributed by atoms with Gasteiger partial charge in [-0.2, -0.15) is 10.1 Å². The first kappa shape index (κ1) is 16.5. The molecule has 1 saturated heterocycles. The van der Waals surface area contributed by atoms with E-state index >= 15 is 0 Å². The van der Waals surface area contributed by atoms with Crippen LogP contribution in [0.1, 0.15) is 27.7 Å². The number of nitrogens with one attached hydrogen (secondary N) is 3. The lowest BCUT2D eigenvalue weighted by atomic mass is 9.79. The van der Waals surface area contributed by atoms with Gasteiger partial charge in [-0.25, -0.2) is 9.89 Å². The zero-order valence-corrected chi connectivity index (χ0v) is 14.1. The molecule has 0 unspecified atom stereocenters. The summed E-state index contributed by atoms with van der Waals surface area (Å²) in [4.78, 5) is 15.7. The number of carbonyl (C=O) groups excluding carboxylic acids is 1. The van der Waals surface area contributed by atoms with Gasteiger partial charge in [0.25, 0.3) is 0 Å². The van der Waals surface area contributed by atoms with E-state index in [1.165, 1.54) is 6.33 Å². The van der Waals surface area contributed by atoms with Crippen molar-refractivity contribution in [2.45, 2.75) is 38.9 Å². The van der Waals surface area contributed by atoms with Crippen LogP contribution in [0.4, 0.5) is 16.4 Å². The number of hydrogen-bond donors (Lipinski definition) is 3. The molecule has 0 atom stereocenters. The summed E-state index contributed by atoms with van der Waals surface area (Å²) in [5.41, 5.74) is 0.777. The molecule has 0 saturated carbocycles. The third-order valence-electron chi connectivity index (χ3n) is 4.34. The Balaban J connectivity index is 1.63. The van der Waals surface area contributed by atoms with Crippen molar-refractivity contribution in [3.05, 3.63) is 30.6 Å². The maximum atomic E-state index is 11.8. The molecule has 3 rings (SSSR count). The number of nitrogens with zero attached hydrogens (tertiary/aromatic N) is 2. The van der Waals surface area contributed by atoms with Crippen molar-refractivity contribution >= 4 is 30.2 Å². The molecule has 8 nitrogen and oxygen atoms in total. The van der Waals surface area contributed by atoms with E-state index in [-0.39, 0.29) is 17.2 Å². The Morgan fingerprint density at radius 1 is 1.08 bits per heavy atom. The third-order valence-corrected chi connectivity index (χ3v) is 4.34. The molecular weight excluding hydrogens is 309 g/mol. The van der Waals surface area contributed by atoms with Crippen LogP contribution in [-0.4, -0.2) is 39.5 Å². The minimum absolute atomic E-state index is 0.279. The van der Waals surface area contributed by atoms with Crippen LogP contribution in [0.5, 0.6) is 0 Å². The average molecular weight is 329 g/mol. The Bertz CT molecular complexity index is 699. The molecule has 0 aliphatic carbocycles. The third kappa shape index (κ3) is 3.27. The topological polar surface area (TPSA) is 101 Å². The number of carbonyl (C=O) groups is 1. The van der Waals surface area contributed by atoms with Crippen LogP contribution in [0.15, 0.2) is 30.6 Å². The Morgan fingerprint density at radius 3 is 2.25 bits per heavy atom. The molecular formula is C15H20BN5O3. The molecule has 1 aliphatic rings. The second-order valence-corrected chi connectivity index (χ2v) is 6.62. The molecule has 1 aliphatic heterocycles. The number of benzene rings is 1. The molecule has 2 amide bonds. The smallest absolute Gasteiger partial charge is 0.399 e. The standard InChI is InChI=1S/C15H20BN5O3/c1-14(2)15(3,4)24-16(23-14)10-5-7-11(8-6-10)19-13(22)20-12-17-9-18-21-12/h5-9H,1-4H3,(H3,17,18,19,20,21,22). The normalized spacial score (nSPS) is 18.4. The highest BCUT2D eigenvalue weighted by Crippen LogP contribution is 2.36. The van der Waals surface area contributed by atoms with Crippen molar-refractivity contribution < 1.29 is 14.1 Å². The van der Waals surface area contributed by atoms with Gasteiger partial charge in [-0.1, -0.05) is 12.1 Å². The van der Waals surface area contributed by atoms with Crippen LogP contribution in [-0.2, 0) is 9.31 Å². The molecule has 0 radical (unpaired) electrons. The molecule has 24 heavy (non-hydrogen) atoms. The summed E-state index contributed by atoms with van der Waals surface area (Å²) >= 11 is 0. The Morgan fingerprint density at radius 2 is 1.71 bits per heavy atom. The lowest BCUT2D eigenvalue weighted by Crippen LogP contribution is -2.41. The van der Waals surface area contributed by atoms with Gasteiger partial charge in [0.05, 0.1) is 11.2 Å². The number of H-pyrrole nitrogens is 1. The highest BCUT2D eigenvalue weighted by atomic mass is 16.7. The summed E-state index contributed by atoms with van der Waals surface area (Å²) in [7, 11) is -0.424. The molecule has 0 spiro atoms. The summed E-state index contributed by atoms with van der Waals surface area (Å²) < 4.78 is 12.0. The second-order valence-electron chi connectivity index (χ2n) is 6.62. The van der Waals surface area contributed by atoms with Gasteiger partial charge in [0.1, 0.15) is 6.33 Å². The predicted molar refractivity (Wildman–Crippen MR) is 91.2 cm³/mol. The van der Waals surface area contributed by atoms with Crippen molar-refractivity contribution in [1.29, 1.82) is 0 Å². The van der Waals surface area contributed by atoms with Gasteiger partial charge in [-0.05, 0) is 45.3 Å². The SMILES string of the molecule is CC1(C)OB(c2ccc(NC(=O)Nc3ncn[nH]3)cc2)OC1(C)C. The van der Waals surface area contributed by atoms with E-state index in [0.29, 0.717) is 5.69 Å². The fourth-order valence-electron chi connectivity index (χ4n) is 2.24. The van der Waals surface area contributed by atoms with Gasteiger partial charge in [0, 0.05) is 5.69 Å². The van der Waals surface area contributed by atoms with Crippen molar-refractivity contribution in [2.75, 3.05) is 10.6 Å². The van der Waals surface area contributed by atoms with E-state index in [2.05, 4.69) is 25.8 Å². The average Bonchev–Trinajstić information content (AvgIpc) is 3.06. The van der Waals surface area contributed by atoms with E-state index in [0.717, 1.165) is 5.46 Å². The minimum atomic E-state index is -0.424. The van der Waals surface area contributed by atoms with Crippen LogP contribution in [0.2, 0.25) is 0 Å². The van der Waals surface area contributed by atoms with Gasteiger partial charge in [-0.3, -0.25) is 5.32 Å². The van der Waals surface area contributed by atoms with Crippen molar-refractivity contribution in [2.24, 2.45) is 0 Å². The monoisotopic (exact) mass is 329 g/mol. The number of urea groups is 1. The maximum absolute atomic E-state index is 11.8. The van der Waals surface area contributed by atoms with Gasteiger partial charge >= 0.3 is 13.1 Å². The predicted octanol–water partition coefficient (Wildman–Crippen LogP) is 1.75. The quantitative estimate of drug-likeness (QED) is 0.745. The molecule has 3 N–H and O–H groups in total. The molecule has 2 heterocycles. The summed E-state index contributed by atoms with van der Waals surface area (Å²) in [5, 5.41) is 11.4. The highest BCUT2D eigenvalue weighted by molar-refractivity contribution is 6.62. The van der Waals surface area contributed by atoms with E-state index in [9.17, 15) is 4.79 Å². The summed E-state index contributed by atoms with van der Waals surface area (Å²) in [6.45, 7) is 8.04. The summed E-state index contributed by atoms with van der Waals surface area (Å²) in [5.74, 6) is 0.279. The number of anilines is 2. The minimum Gasteiger partial charge on any atom is -0.399 e. The van der Waals surface area contributed by atoms with E-state index in [1.54, 1.807) is 12.1 Å². The van der Waals surface area contributed by atoms with Crippen molar-refractivity contribution in [3.8, 4) is 0 Å². The zero-order valence-electron chi connectivity index (χ0n) is 14.1. The number of aromatic nitrogens is 3. The van der Waals surface area contributed by atoms with Gasteiger partial charge in [-0.15, -0.1) is 0 Å². The maximum Gasteiger partial charge on any atom is 0.494 e. The van der Waals surface area contributed by atoms with Crippen LogP contribution in [0.25, 0.3) is 0 Å². The van der Waals surface area contributed by atoms with E-state index in [1.807, 2.05) is 39.8 Å². The summed E-state index contributed by atoms with van der Waals surface area (Å²) in [6.07, 6.45) is 1.31. The van der Waals surface area contributed by atoms with Crippen LogP contribution >= 0.6 is 0 Å². The highest BCUT2D eigenvalue weighted by Gasteiger charge is 2.51. The molecule has 1 aromatic carbocycles. The van der Waals surface area contributed by atoms with E-state index in [4.69, 9.17) is 9.31 Å². The molecule has 1 fully saturated rings. The van der Waals surface area contributed by atoms with Crippen molar-refractivity contribution in [1.82, 2.24) is 15.2 Å². The summed E-state index contributed by atoms with van der Waals surface area (Å²) in [6, 6.07) is 6.91. The first-order chi connectivity index (χ1) is 11.3. The Labute approximate surface area is 140 Å². The Hall–Kier alpha value is -2.39. The Kier molecular flexibility index (Phi) is 4.06. The van der Waals surface area contributed by atoms with E-state index < -0.39 is 13.1 Å².